The maximum absolute atomic E-state index is 12.7. The van der Waals surface area contributed by atoms with Crippen LogP contribution in [0.3, 0.4) is 0 Å². The van der Waals surface area contributed by atoms with Crippen molar-refractivity contribution in [2.75, 3.05) is 16.0 Å². The van der Waals surface area contributed by atoms with Crippen LogP contribution in [0.15, 0.2) is 48.5 Å². The molecule has 2 aromatic carbocycles. The van der Waals surface area contributed by atoms with Gasteiger partial charge in [0.15, 0.2) is 0 Å². The van der Waals surface area contributed by atoms with E-state index in [1.807, 2.05) is 38.1 Å². The second kappa shape index (κ2) is 8.66. The summed E-state index contributed by atoms with van der Waals surface area (Å²) >= 11 is 0. The number of hydrogen-bond donors (Lipinski definition) is 3. The fraction of sp³-hybridized carbons (Fsp3) is 0.250. The molecule has 0 fully saturated rings. The molecule has 0 saturated carbocycles. The Hall–Kier alpha value is -3.94. The van der Waals surface area contributed by atoms with E-state index in [-0.39, 0.29) is 24.1 Å². The summed E-state index contributed by atoms with van der Waals surface area (Å²) in [6, 6.07) is 14.2. The van der Waals surface area contributed by atoms with Gasteiger partial charge in [-0.05, 0) is 43.2 Å². The van der Waals surface area contributed by atoms with Gasteiger partial charge in [-0.3, -0.25) is 14.4 Å². The number of fused-ring (bicyclic) bond motifs is 1. The molecular formula is C24H25N5O3. The normalized spacial score (nSPS) is 14.6. The van der Waals surface area contributed by atoms with Crippen LogP contribution in [0.25, 0.3) is 11.1 Å². The van der Waals surface area contributed by atoms with E-state index in [0.29, 0.717) is 23.6 Å². The van der Waals surface area contributed by atoms with Gasteiger partial charge in [0.1, 0.15) is 11.9 Å². The van der Waals surface area contributed by atoms with Crippen LogP contribution in [-0.4, -0.2) is 27.5 Å². The summed E-state index contributed by atoms with van der Waals surface area (Å²) < 4.78 is 1.63. The fourth-order valence-corrected chi connectivity index (χ4v) is 3.82. The summed E-state index contributed by atoms with van der Waals surface area (Å²) in [5, 5.41) is 13.0. The first-order valence-electron chi connectivity index (χ1n) is 10.5. The molecule has 0 radical (unpaired) electrons. The molecule has 1 aromatic heterocycles. The number of carbonyl (C=O) groups is 3. The molecule has 4 rings (SSSR count). The van der Waals surface area contributed by atoms with Crippen LogP contribution >= 0.6 is 0 Å². The Morgan fingerprint density at radius 1 is 1.03 bits per heavy atom. The zero-order valence-corrected chi connectivity index (χ0v) is 18.2. The van der Waals surface area contributed by atoms with Crippen molar-refractivity contribution in [3.63, 3.8) is 0 Å². The van der Waals surface area contributed by atoms with Crippen molar-refractivity contribution in [1.82, 2.24) is 9.78 Å². The number of rotatable bonds is 6. The molecular weight excluding hydrogens is 406 g/mol. The molecule has 3 amide bonds. The Bertz CT molecular complexity index is 1180. The average molecular weight is 431 g/mol. The van der Waals surface area contributed by atoms with Crippen molar-refractivity contribution < 1.29 is 14.4 Å². The van der Waals surface area contributed by atoms with Gasteiger partial charge in [0, 0.05) is 23.9 Å². The molecule has 0 spiro atoms. The lowest BCUT2D eigenvalue weighted by atomic mass is 10.0. The second-order valence-corrected chi connectivity index (χ2v) is 7.85. The van der Waals surface area contributed by atoms with E-state index in [1.165, 1.54) is 6.92 Å². The van der Waals surface area contributed by atoms with Crippen molar-refractivity contribution in [3.8, 4) is 11.1 Å². The van der Waals surface area contributed by atoms with E-state index < -0.39 is 6.04 Å². The molecule has 3 aromatic rings. The van der Waals surface area contributed by atoms with Crippen LogP contribution in [-0.2, 0) is 20.8 Å². The molecule has 1 aliphatic rings. The van der Waals surface area contributed by atoms with Crippen LogP contribution < -0.4 is 16.0 Å². The van der Waals surface area contributed by atoms with Crippen LogP contribution in [0.1, 0.15) is 37.6 Å². The molecule has 8 heteroatoms. The van der Waals surface area contributed by atoms with Crippen molar-refractivity contribution in [1.29, 1.82) is 0 Å². The van der Waals surface area contributed by atoms with Crippen LogP contribution in [0.2, 0.25) is 0 Å². The number of aromatic nitrogens is 2. The highest BCUT2D eigenvalue weighted by atomic mass is 16.2. The largest absolute Gasteiger partial charge is 0.326 e. The molecule has 3 N–H and O–H groups in total. The minimum Gasteiger partial charge on any atom is -0.326 e. The molecule has 32 heavy (non-hydrogen) atoms. The summed E-state index contributed by atoms with van der Waals surface area (Å²) in [5.74, 6) is -0.0796. The zero-order chi connectivity index (χ0) is 22.8. The maximum Gasteiger partial charge on any atom is 0.251 e. The summed E-state index contributed by atoms with van der Waals surface area (Å²) in [6.45, 7) is 5.47. The minimum absolute atomic E-state index is 0.0372. The smallest absolute Gasteiger partial charge is 0.251 e. The molecule has 8 nitrogen and oxygen atoms in total. The average Bonchev–Trinajstić information content (AvgIpc) is 3.25. The predicted molar refractivity (Wildman–Crippen MR) is 123 cm³/mol. The Morgan fingerprint density at radius 2 is 1.66 bits per heavy atom. The zero-order valence-electron chi connectivity index (χ0n) is 18.2. The third-order valence-corrected chi connectivity index (χ3v) is 5.37. The van der Waals surface area contributed by atoms with Gasteiger partial charge in [-0.15, -0.1) is 0 Å². The second-order valence-electron chi connectivity index (χ2n) is 7.85. The number of nitrogens with zero attached hydrogens (tertiary/aromatic N) is 2. The summed E-state index contributed by atoms with van der Waals surface area (Å²) in [4.78, 5) is 36.5. The first kappa shape index (κ1) is 21.3. The molecule has 0 saturated heterocycles. The van der Waals surface area contributed by atoms with Gasteiger partial charge in [0.2, 0.25) is 11.8 Å². The lowest BCUT2D eigenvalue weighted by Gasteiger charge is -2.11. The fourth-order valence-electron chi connectivity index (χ4n) is 3.82. The maximum atomic E-state index is 12.7. The van der Waals surface area contributed by atoms with E-state index in [2.05, 4.69) is 21.0 Å². The number of carbonyl (C=O) groups excluding carboxylic acids is 3. The molecule has 0 bridgehead atoms. The summed E-state index contributed by atoms with van der Waals surface area (Å²) in [6.07, 6.45) is 0.670. The van der Waals surface area contributed by atoms with Gasteiger partial charge in [-0.2, -0.15) is 5.10 Å². The first-order chi connectivity index (χ1) is 15.4. The van der Waals surface area contributed by atoms with Crippen LogP contribution in [0, 0.1) is 6.92 Å². The van der Waals surface area contributed by atoms with Crippen LogP contribution in [0.4, 0.5) is 17.2 Å². The van der Waals surface area contributed by atoms with E-state index in [9.17, 15) is 14.4 Å². The van der Waals surface area contributed by atoms with Gasteiger partial charge < -0.3 is 16.0 Å². The Morgan fingerprint density at radius 3 is 2.25 bits per heavy atom. The Kier molecular flexibility index (Phi) is 5.77. The van der Waals surface area contributed by atoms with Crippen molar-refractivity contribution in [2.24, 2.45) is 0 Å². The van der Waals surface area contributed by atoms with Gasteiger partial charge in [0.25, 0.3) is 5.91 Å². The highest BCUT2D eigenvalue weighted by molar-refractivity contribution is 6.04. The lowest BCUT2D eigenvalue weighted by molar-refractivity contribution is -0.123. The number of anilines is 3. The number of amides is 3. The van der Waals surface area contributed by atoms with E-state index >= 15 is 0 Å². The third kappa shape index (κ3) is 4.25. The summed E-state index contributed by atoms with van der Waals surface area (Å²) in [5.41, 5.74) is 5.14. The summed E-state index contributed by atoms with van der Waals surface area (Å²) in [7, 11) is 0. The molecule has 1 aliphatic heterocycles. The highest BCUT2D eigenvalue weighted by Crippen LogP contribution is 2.38. The van der Waals surface area contributed by atoms with Gasteiger partial charge in [-0.25, -0.2) is 4.68 Å². The van der Waals surface area contributed by atoms with Gasteiger partial charge >= 0.3 is 0 Å². The number of nitrogens with one attached hydrogen (secondary N) is 3. The first-order valence-corrected chi connectivity index (χ1v) is 10.5. The van der Waals surface area contributed by atoms with E-state index in [1.54, 1.807) is 28.9 Å². The highest BCUT2D eigenvalue weighted by Gasteiger charge is 2.36. The number of hydrogen-bond acceptors (Lipinski definition) is 4. The predicted octanol–water partition coefficient (Wildman–Crippen LogP) is 3.90. The molecule has 2 heterocycles. The van der Waals surface area contributed by atoms with Gasteiger partial charge in [-0.1, -0.05) is 36.8 Å². The molecule has 0 aliphatic carbocycles. The third-order valence-electron chi connectivity index (χ3n) is 5.37. The van der Waals surface area contributed by atoms with Crippen LogP contribution in [0.5, 0.6) is 0 Å². The number of benzene rings is 2. The molecule has 164 valence electrons. The lowest BCUT2D eigenvalue weighted by Crippen LogP contribution is -2.24. The SMILES string of the molecule is CCc1nn2c(c1-c1ccc(C)cc1)NC(=O)C2CC(=O)Nc1ccc(NC(C)=O)cc1. The monoisotopic (exact) mass is 431 g/mol. The van der Waals surface area contributed by atoms with Crippen molar-refractivity contribution in [2.45, 2.75) is 39.7 Å². The van der Waals surface area contributed by atoms with E-state index in [4.69, 9.17) is 0 Å². The van der Waals surface area contributed by atoms with Crippen molar-refractivity contribution >= 4 is 34.9 Å². The number of aryl methyl sites for hydroxylation is 2. The Labute approximate surface area is 186 Å². The molecule has 1 atom stereocenters. The quantitative estimate of drug-likeness (QED) is 0.550. The Balaban J connectivity index is 1.52. The van der Waals surface area contributed by atoms with E-state index in [0.717, 1.165) is 22.4 Å². The van der Waals surface area contributed by atoms with Gasteiger partial charge in [0.05, 0.1) is 12.1 Å². The minimum atomic E-state index is -0.715. The standard InChI is InChI=1S/C24H25N5O3/c1-4-19-22(16-7-5-14(2)6-8-16)23-27-24(32)20(29(23)28-19)13-21(31)26-18-11-9-17(10-12-18)25-15(3)30/h5-12,20H,4,13H2,1-3H3,(H,25,30)(H,26,31)(H,27,32). The topological polar surface area (TPSA) is 105 Å². The molecule has 1 unspecified atom stereocenters. The van der Waals surface area contributed by atoms with Crippen molar-refractivity contribution in [3.05, 3.63) is 59.8 Å².